The average molecular weight is 161 g/mol. The molecule has 0 heterocycles. The first kappa shape index (κ1) is 7.00. The Balaban J connectivity index is 3.80. The lowest BCUT2D eigenvalue weighted by atomic mass is 10.2. The number of rotatable bonds is 1. The molecule has 0 aromatic rings. The lowest BCUT2D eigenvalue weighted by Crippen LogP contribution is -2.01. The second-order valence-corrected chi connectivity index (χ2v) is 3.96. The Labute approximate surface area is 53.1 Å². The van der Waals surface area contributed by atoms with E-state index in [1.54, 1.807) is 0 Å². The summed E-state index contributed by atoms with van der Waals surface area (Å²) < 4.78 is 0.0642. The summed E-state index contributed by atoms with van der Waals surface area (Å²) in [4.78, 5) is 0. The Morgan fingerprint density at radius 3 is 2.14 bits per heavy atom. The lowest BCUT2D eigenvalue weighted by molar-refractivity contribution is 0.923. The molecule has 0 amide bonds. The fourth-order valence-electron chi connectivity index (χ4n) is 0.243. The van der Waals surface area contributed by atoms with Crippen LogP contribution in [0.2, 0.25) is 0 Å². The topological polar surface area (TPSA) is 0 Å². The molecule has 0 N–H and O–H groups in total. The summed E-state index contributed by atoms with van der Waals surface area (Å²) in [6.45, 7) is 7.50. The highest BCUT2D eigenvalue weighted by Gasteiger charge is 2.04. The lowest BCUT2D eigenvalue weighted by Gasteiger charge is -2.04. The van der Waals surface area contributed by atoms with Gasteiger partial charge in [0.1, 0.15) is 0 Å². The summed E-state index contributed by atoms with van der Waals surface area (Å²) in [5.74, 6) is 0. The highest BCUT2D eigenvalue weighted by Crippen LogP contribution is 2.15. The maximum Gasteiger partial charge on any atom is 0.0454 e. The number of alkyl halides is 1. The van der Waals surface area contributed by atoms with Crippen molar-refractivity contribution in [2.75, 3.05) is 0 Å². The molecule has 0 aliphatic rings. The maximum absolute atomic E-state index is 3.44. The standard InChI is InChI=1S/C6H9Br/c1-4-5-6(2,3)7/h5H,1H2,2-3H3. The van der Waals surface area contributed by atoms with Gasteiger partial charge in [0, 0.05) is 4.32 Å². The van der Waals surface area contributed by atoms with Gasteiger partial charge in [-0.3, -0.25) is 0 Å². The fourth-order valence-corrected chi connectivity index (χ4v) is 0.405. The zero-order chi connectivity index (χ0) is 5.91. The van der Waals surface area contributed by atoms with Gasteiger partial charge >= 0.3 is 0 Å². The van der Waals surface area contributed by atoms with Crippen LogP contribution in [0.15, 0.2) is 18.4 Å². The minimum Gasteiger partial charge on any atom is -0.132 e. The predicted octanol–water partition coefficient (Wildman–Crippen LogP) is 2.50. The van der Waals surface area contributed by atoms with Crippen molar-refractivity contribution in [1.82, 2.24) is 0 Å². The van der Waals surface area contributed by atoms with Gasteiger partial charge in [0.25, 0.3) is 0 Å². The summed E-state index contributed by atoms with van der Waals surface area (Å²) in [5, 5.41) is 0. The van der Waals surface area contributed by atoms with Gasteiger partial charge in [-0.2, -0.15) is 0 Å². The first-order valence-corrected chi connectivity index (χ1v) is 2.91. The summed E-state index contributed by atoms with van der Waals surface area (Å²) in [7, 11) is 0. The molecule has 0 spiro atoms. The first-order chi connectivity index (χ1) is 3.06. The monoisotopic (exact) mass is 160 g/mol. The van der Waals surface area contributed by atoms with Crippen LogP contribution in [-0.4, -0.2) is 4.32 Å². The van der Waals surface area contributed by atoms with Crippen LogP contribution in [0.25, 0.3) is 0 Å². The van der Waals surface area contributed by atoms with Crippen LogP contribution in [-0.2, 0) is 0 Å². The van der Waals surface area contributed by atoms with Crippen molar-refractivity contribution in [3.05, 3.63) is 18.4 Å². The van der Waals surface area contributed by atoms with Crippen LogP contribution in [0, 0.1) is 0 Å². The molecule has 0 unspecified atom stereocenters. The number of hydrogen-bond donors (Lipinski definition) is 0. The first-order valence-electron chi connectivity index (χ1n) is 2.12. The molecule has 0 rings (SSSR count). The van der Waals surface area contributed by atoms with Crippen LogP contribution in [0.3, 0.4) is 0 Å². The van der Waals surface area contributed by atoms with Crippen molar-refractivity contribution < 1.29 is 0 Å². The van der Waals surface area contributed by atoms with E-state index in [0.717, 1.165) is 0 Å². The summed E-state index contributed by atoms with van der Waals surface area (Å²) in [6, 6.07) is 0. The number of allylic oxidation sites excluding steroid dienone is 1. The van der Waals surface area contributed by atoms with Gasteiger partial charge < -0.3 is 0 Å². The Morgan fingerprint density at radius 2 is 2.14 bits per heavy atom. The van der Waals surface area contributed by atoms with Crippen LogP contribution < -0.4 is 0 Å². The smallest absolute Gasteiger partial charge is 0.0454 e. The molecule has 0 saturated carbocycles. The molecule has 0 saturated heterocycles. The van der Waals surface area contributed by atoms with E-state index in [9.17, 15) is 0 Å². The number of hydrogen-bond acceptors (Lipinski definition) is 0. The van der Waals surface area contributed by atoms with Gasteiger partial charge in [-0.05, 0) is 19.9 Å². The van der Waals surface area contributed by atoms with Crippen molar-refractivity contribution in [3.63, 3.8) is 0 Å². The molecule has 0 atom stereocenters. The zero-order valence-corrected chi connectivity index (χ0v) is 6.25. The second-order valence-electron chi connectivity index (χ2n) is 1.91. The highest BCUT2D eigenvalue weighted by atomic mass is 79.9. The van der Waals surface area contributed by atoms with Crippen molar-refractivity contribution in [3.8, 4) is 0 Å². The van der Waals surface area contributed by atoms with Crippen LogP contribution in [0.1, 0.15) is 13.8 Å². The van der Waals surface area contributed by atoms with Crippen LogP contribution in [0.4, 0.5) is 0 Å². The van der Waals surface area contributed by atoms with E-state index >= 15 is 0 Å². The largest absolute Gasteiger partial charge is 0.132 e. The summed E-state index contributed by atoms with van der Waals surface area (Å²) in [5.41, 5.74) is 2.69. The van der Waals surface area contributed by atoms with Crippen LogP contribution >= 0.6 is 15.9 Å². The van der Waals surface area contributed by atoms with E-state index in [0.29, 0.717) is 0 Å². The molecule has 7 heavy (non-hydrogen) atoms. The molecule has 0 fully saturated rings. The molecular weight excluding hydrogens is 152 g/mol. The Morgan fingerprint density at radius 1 is 1.71 bits per heavy atom. The minimum absolute atomic E-state index is 0.0642. The van der Waals surface area contributed by atoms with E-state index in [1.807, 2.05) is 19.9 Å². The Bertz CT molecular complexity index is 91.2. The summed E-state index contributed by atoms with van der Waals surface area (Å²) in [6.07, 6.45) is 1.87. The molecule has 0 aliphatic carbocycles. The van der Waals surface area contributed by atoms with E-state index in [2.05, 4.69) is 28.2 Å². The molecule has 1 heteroatoms. The quantitative estimate of drug-likeness (QED) is 0.409. The van der Waals surface area contributed by atoms with Crippen molar-refractivity contribution in [2.45, 2.75) is 18.2 Å². The molecule has 0 radical (unpaired) electrons. The zero-order valence-electron chi connectivity index (χ0n) is 4.66. The van der Waals surface area contributed by atoms with Gasteiger partial charge in [-0.15, -0.1) is 5.73 Å². The third-order valence-corrected chi connectivity index (χ3v) is 0.674. The van der Waals surface area contributed by atoms with Gasteiger partial charge in [-0.25, -0.2) is 0 Å². The van der Waals surface area contributed by atoms with Crippen molar-refractivity contribution in [2.24, 2.45) is 0 Å². The third-order valence-electron chi connectivity index (χ3n) is 0.445. The molecule has 0 nitrogen and oxygen atoms in total. The normalized spacial score (nSPS) is 10.1. The van der Waals surface area contributed by atoms with E-state index in [1.165, 1.54) is 0 Å². The third kappa shape index (κ3) is 6.00. The molecule has 0 aromatic carbocycles. The molecule has 0 bridgehead atoms. The molecule has 40 valence electrons. The fraction of sp³-hybridized carbons (Fsp3) is 0.500. The summed E-state index contributed by atoms with van der Waals surface area (Å²) >= 11 is 3.38. The van der Waals surface area contributed by atoms with Gasteiger partial charge in [0.2, 0.25) is 0 Å². The van der Waals surface area contributed by atoms with Gasteiger partial charge in [0.05, 0.1) is 0 Å². The Hall–Kier alpha value is 0. The second kappa shape index (κ2) is 2.34. The highest BCUT2D eigenvalue weighted by molar-refractivity contribution is 9.10. The molecular formula is C6H9Br. The average Bonchev–Trinajstić information content (AvgIpc) is 1.30. The van der Waals surface area contributed by atoms with Gasteiger partial charge in [-0.1, -0.05) is 22.5 Å². The van der Waals surface area contributed by atoms with Crippen molar-refractivity contribution >= 4 is 15.9 Å². The minimum atomic E-state index is 0.0642. The Kier molecular flexibility index (Phi) is 2.34. The van der Waals surface area contributed by atoms with E-state index in [-0.39, 0.29) is 4.32 Å². The number of halogens is 1. The van der Waals surface area contributed by atoms with Gasteiger partial charge in [0.15, 0.2) is 0 Å². The van der Waals surface area contributed by atoms with Crippen molar-refractivity contribution in [1.29, 1.82) is 0 Å². The molecule has 0 aromatic heterocycles. The maximum atomic E-state index is 3.44. The SMILES string of the molecule is C=C=CC(C)(C)Br. The molecule has 0 aliphatic heterocycles. The van der Waals surface area contributed by atoms with Crippen LogP contribution in [0.5, 0.6) is 0 Å². The van der Waals surface area contributed by atoms with E-state index in [4.69, 9.17) is 0 Å². The predicted molar refractivity (Wildman–Crippen MR) is 36.7 cm³/mol. The van der Waals surface area contributed by atoms with E-state index < -0.39 is 0 Å².